The lowest BCUT2D eigenvalue weighted by molar-refractivity contribution is -0.945. The van der Waals surface area contributed by atoms with Gasteiger partial charge in [0.2, 0.25) is 0 Å². The third kappa shape index (κ3) is 4.97. The van der Waals surface area contributed by atoms with Crippen molar-refractivity contribution in [1.82, 2.24) is 5.32 Å². The van der Waals surface area contributed by atoms with Crippen LogP contribution in [0, 0.1) is 6.92 Å². The van der Waals surface area contributed by atoms with Crippen molar-refractivity contribution in [3.63, 3.8) is 0 Å². The number of rotatable bonds is 6. The zero-order valence-electron chi connectivity index (χ0n) is 18.7. The van der Waals surface area contributed by atoms with Crippen LogP contribution in [0.4, 0.5) is 5.69 Å². The van der Waals surface area contributed by atoms with Gasteiger partial charge in [0.25, 0.3) is 5.91 Å². The number of amides is 1. The van der Waals surface area contributed by atoms with Gasteiger partial charge in [-0.2, -0.15) is 0 Å². The van der Waals surface area contributed by atoms with Crippen molar-refractivity contribution < 1.29 is 9.69 Å². The van der Waals surface area contributed by atoms with Crippen molar-refractivity contribution in [2.75, 3.05) is 32.1 Å². The Morgan fingerprint density at radius 2 is 1.65 bits per heavy atom. The highest BCUT2D eigenvalue weighted by molar-refractivity contribution is 5.94. The molecule has 1 aliphatic rings. The van der Waals surface area contributed by atoms with E-state index < -0.39 is 0 Å². The number of fused-ring (bicyclic) bond motifs is 1. The summed E-state index contributed by atoms with van der Waals surface area (Å²) in [6.07, 6.45) is 1.07. The lowest BCUT2D eigenvalue weighted by atomic mass is 9.96. The number of quaternary nitrogens is 1. The monoisotopic (exact) mass is 414 g/mol. The van der Waals surface area contributed by atoms with Crippen LogP contribution in [0.1, 0.15) is 38.7 Å². The number of carbonyl (C=O) groups excluding carboxylic acids is 1. The fourth-order valence-corrected chi connectivity index (χ4v) is 4.40. The van der Waals surface area contributed by atoms with E-state index in [1.54, 1.807) is 0 Å². The van der Waals surface area contributed by atoms with Gasteiger partial charge >= 0.3 is 0 Å². The van der Waals surface area contributed by atoms with Crippen LogP contribution < -0.4 is 15.1 Å². The Kier molecular flexibility index (Phi) is 6.38. The van der Waals surface area contributed by atoms with Crippen LogP contribution in [0.3, 0.4) is 0 Å². The Labute approximate surface area is 185 Å². The van der Waals surface area contributed by atoms with E-state index in [0.717, 1.165) is 25.1 Å². The second-order valence-electron chi connectivity index (χ2n) is 8.72. The molecule has 0 saturated heterocycles. The van der Waals surface area contributed by atoms with E-state index >= 15 is 0 Å². The first kappa shape index (κ1) is 21.1. The number of nitrogens with one attached hydrogen (secondary N) is 2. The molecular weight excluding hydrogens is 382 g/mol. The molecule has 160 valence electrons. The molecular formula is C27H32N3O+. The van der Waals surface area contributed by atoms with Crippen LogP contribution in [0.15, 0.2) is 72.8 Å². The lowest BCUT2D eigenvalue weighted by Gasteiger charge is -2.33. The molecule has 2 N–H and O–H groups in total. The van der Waals surface area contributed by atoms with E-state index in [2.05, 4.69) is 72.8 Å². The molecule has 31 heavy (non-hydrogen) atoms. The van der Waals surface area contributed by atoms with Crippen LogP contribution in [-0.4, -0.2) is 33.1 Å². The van der Waals surface area contributed by atoms with Crippen LogP contribution in [0.25, 0.3) is 0 Å². The maximum absolute atomic E-state index is 12.8. The van der Waals surface area contributed by atoms with Crippen LogP contribution in [0.5, 0.6) is 0 Å². The van der Waals surface area contributed by atoms with Crippen molar-refractivity contribution in [2.45, 2.75) is 25.9 Å². The fourth-order valence-electron chi connectivity index (χ4n) is 4.40. The predicted octanol–water partition coefficient (Wildman–Crippen LogP) is 3.17. The molecule has 0 saturated carbocycles. The van der Waals surface area contributed by atoms with Gasteiger partial charge < -0.3 is 15.1 Å². The highest BCUT2D eigenvalue weighted by atomic mass is 16.1. The predicted molar refractivity (Wildman–Crippen MR) is 127 cm³/mol. The van der Waals surface area contributed by atoms with Crippen molar-refractivity contribution in [3.8, 4) is 0 Å². The Hall–Kier alpha value is -3.11. The minimum atomic E-state index is -0.00767. The Morgan fingerprint density at radius 1 is 0.968 bits per heavy atom. The molecule has 4 heteroatoms. The Bertz CT molecular complexity index is 1030. The average molecular weight is 415 g/mol. The SMILES string of the molecule is Cc1ccc(C(=O)NC[C@H](c2ccc(N(C)C)cc2)[NH+]2CCc3ccccc3C2)cc1. The van der Waals surface area contributed by atoms with Gasteiger partial charge in [0.05, 0.1) is 13.1 Å². The zero-order valence-corrected chi connectivity index (χ0v) is 18.7. The Balaban J connectivity index is 1.55. The van der Waals surface area contributed by atoms with E-state index in [4.69, 9.17) is 0 Å². The normalized spacial score (nSPS) is 16.3. The zero-order chi connectivity index (χ0) is 21.8. The standard InChI is InChI=1S/C27H31N3O/c1-20-8-10-23(11-9-20)27(31)28-18-26(22-12-14-25(15-13-22)29(2)3)30-17-16-21-6-4-5-7-24(21)19-30/h4-15,26H,16-19H2,1-3H3,(H,28,31)/p+1/t26-/m1/s1. The topological polar surface area (TPSA) is 36.8 Å². The smallest absolute Gasteiger partial charge is 0.251 e. The molecule has 1 heterocycles. The van der Waals surface area contributed by atoms with Crippen molar-refractivity contribution in [3.05, 3.63) is 101 Å². The molecule has 2 atom stereocenters. The summed E-state index contributed by atoms with van der Waals surface area (Å²) >= 11 is 0. The van der Waals surface area contributed by atoms with Gasteiger partial charge in [-0.3, -0.25) is 4.79 Å². The van der Waals surface area contributed by atoms with Gasteiger partial charge in [0.15, 0.2) is 0 Å². The summed E-state index contributed by atoms with van der Waals surface area (Å²) < 4.78 is 0. The molecule has 1 amide bonds. The molecule has 3 aromatic rings. The first-order valence-electron chi connectivity index (χ1n) is 11.0. The van der Waals surface area contributed by atoms with E-state index in [-0.39, 0.29) is 11.9 Å². The van der Waals surface area contributed by atoms with Gasteiger partial charge in [0.1, 0.15) is 12.6 Å². The van der Waals surface area contributed by atoms with Crippen molar-refractivity contribution in [2.24, 2.45) is 0 Å². The molecule has 1 aliphatic heterocycles. The van der Waals surface area contributed by atoms with Gasteiger partial charge in [-0.1, -0.05) is 54.1 Å². The van der Waals surface area contributed by atoms with Gasteiger partial charge in [0, 0.05) is 42.9 Å². The first-order valence-corrected chi connectivity index (χ1v) is 11.0. The third-order valence-corrected chi connectivity index (χ3v) is 6.34. The molecule has 0 radical (unpaired) electrons. The molecule has 0 bridgehead atoms. The molecule has 3 aromatic carbocycles. The van der Waals surface area contributed by atoms with Crippen LogP contribution in [0.2, 0.25) is 0 Å². The second kappa shape index (κ2) is 9.36. The summed E-state index contributed by atoms with van der Waals surface area (Å²) in [7, 11) is 4.11. The molecule has 4 rings (SSSR count). The summed E-state index contributed by atoms with van der Waals surface area (Å²) in [4.78, 5) is 16.4. The molecule has 0 fully saturated rings. The second-order valence-corrected chi connectivity index (χ2v) is 8.72. The Morgan fingerprint density at radius 3 is 2.32 bits per heavy atom. The molecule has 4 nitrogen and oxygen atoms in total. The first-order chi connectivity index (χ1) is 15.0. The van der Waals surface area contributed by atoms with E-state index in [1.807, 2.05) is 31.2 Å². The lowest BCUT2D eigenvalue weighted by Crippen LogP contribution is -3.12. The summed E-state index contributed by atoms with van der Waals surface area (Å²) in [5.74, 6) is -0.00767. The highest BCUT2D eigenvalue weighted by Crippen LogP contribution is 2.19. The largest absolute Gasteiger partial charge is 0.378 e. The molecule has 1 unspecified atom stereocenters. The van der Waals surface area contributed by atoms with Crippen molar-refractivity contribution in [1.29, 1.82) is 0 Å². The van der Waals surface area contributed by atoms with E-state index in [9.17, 15) is 4.79 Å². The van der Waals surface area contributed by atoms with Gasteiger partial charge in [-0.25, -0.2) is 0 Å². The molecule has 0 aromatic heterocycles. The third-order valence-electron chi connectivity index (χ3n) is 6.34. The summed E-state index contributed by atoms with van der Waals surface area (Å²) in [6, 6.07) is 25.5. The van der Waals surface area contributed by atoms with Gasteiger partial charge in [-0.15, -0.1) is 0 Å². The van der Waals surface area contributed by atoms with Crippen molar-refractivity contribution >= 4 is 11.6 Å². The maximum Gasteiger partial charge on any atom is 0.251 e. The number of aryl methyl sites for hydroxylation is 1. The summed E-state index contributed by atoms with van der Waals surface area (Å²) in [5.41, 5.74) is 7.20. The van der Waals surface area contributed by atoms with E-state index in [1.165, 1.54) is 27.3 Å². The van der Waals surface area contributed by atoms with Crippen LogP contribution >= 0.6 is 0 Å². The average Bonchev–Trinajstić information content (AvgIpc) is 2.79. The van der Waals surface area contributed by atoms with Gasteiger partial charge in [-0.05, 0) is 36.8 Å². The number of carbonyl (C=O) groups is 1. The van der Waals surface area contributed by atoms with E-state index in [0.29, 0.717) is 12.1 Å². The molecule has 0 aliphatic carbocycles. The number of benzene rings is 3. The minimum absolute atomic E-state index is 0.00767. The number of anilines is 1. The number of hydrogen-bond donors (Lipinski definition) is 2. The fraction of sp³-hybridized carbons (Fsp3) is 0.296. The summed E-state index contributed by atoms with van der Waals surface area (Å²) in [5, 5.41) is 3.21. The maximum atomic E-state index is 12.8. The number of hydrogen-bond acceptors (Lipinski definition) is 2. The minimum Gasteiger partial charge on any atom is -0.378 e. The number of nitrogens with zero attached hydrogens (tertiary/aromatic N) is 1. The quantitative estimate of drug-likeness (QED) is 0.650. The van der Waals surface area contributed by atoms with Crippen LogP contribution in [-0.2, 0) is 13.0 Å². The molecule has 0 spiro atoms. The summed E-state index contributed by atoms with van der Waals surface area (Å²) in [6.45, 7) is 4.70. The highest BCUT2D eigenvalue weighted by Gasteiger charge is 2.29.